The van der Waals surface area contributed by atoms with Crippen LogP contribution in [0.2, 0.25) is 0 Å². The Morgan fingerprint density at radius 1 is 1.20 bits per heavy atom. The number of likely N-dealkylation sites (tertiary alicyclic amines) is 1. The number of carbonyl (C=O) groups excluding carboxylic acids is 2. The van der Waals surface area contributed by atoms with E-state index >= 15 is 0 Å². The Hall–Kier alpha value is -2.99. The average Bonchev–Trinajstić information content (AvgIpc) is 3.40. The number of rotatable bonds is 22. The molecule has 17 nitrogen and oxygen atoms in total. The van der Waals surface area contributed by atoms with Crippen LogP contribution in [0.1, 0.15) is 63.4 Å². The number of unbranched alkanes of at least 4 members (excludes halogenated alkanes) is 3. The van der Waals surface area contributed by atoms with Crippen molar-refractivity contribution in [1.29, 1.82) is 0 Å². The lowest BCUT2D eigenvalue weighted by Gasteiger charge is -2.26. The third-order valence-corrected chi connectivity index (χ3v) is 8.03. The molecule has 2 unspecified atom stereocenters. The van der Waals surface area contributed by atoms with Crippen molar-refractivity contribution in [3.8, 4) is 0 Å². The number of nitrogens with one attached hydrogen (secondary N) is 2. The number of nitrogens with zero attached hydrogens (tertiary/aromatic N) is 4. The smallest absolute Gasteiger partial charge is 0.408 e. The maximum atomic E-state index is 14.6. The maximum absolute atomic E-state index is 14.6. The fraction of sp³-hybridized carbons (Fsp3) is 0.607. The third kappa shape index (κ3) is 16.1. The first-order valence-corrected chi connectivity index (χ1v) is 17.8. The first-order valence-electron chi connectivity index (χ1n) is 15.4. The topological polar surface area (TPSA) is 244 Å². The van der Waals surface area contributed by atoms with Gasteiger partial charge in [-0.1, -0.05) is 60.5 Å². The molecule has 21 heteroatoms. The molecular weight excluding hydrogens is 696 g/mol. The number of aliphatic imine (C=N–C) groups is 1. The summed E-state index contributed by atoms with van der Waals surface area (Å²) >= 11 is 0. The van der Waals surface area contributed by atoms with Gasteiger partial charge in [-0.25, -0.2) is 9.79 Å². The number of amides is 2. The van der Waals surface area contributed by atoms with Crippen molar-refractivity contribution >= 4 is 34.7 Å². The number of benzene rings is 1. The van der Waals surface area contributed by atoms with E-state index in [2.05, 4.69) is 35.1 Å². The minimum absolute atomic E-state index is 0.0606. The predicted molar refractivity (Wildman–Crippen MR) is 173 cm³/mol. The quantitative estimate of drug-likeness (QED) is 0.0132. The van der Waals surface area contributed by atoms with Crippen molar-refractivity contribution in [3.05, 3.63) is 48.0 Å². The van der Waals surface area contributed by atoms with Crippen molar-refractivity contribution in [2.45, 2.75) is 81.8 Å². The molecule has 1 aliphatic rings. The number of halogens is 2. The molecule has 0 aliphatic carbocycles. The zero-order chi connectivity index (χ0) is 36.3. The second-order valence-corrected chi connectivity index (χ2v) is 12.1. The van der Waals surface area contributed by atoms with Gasteiger partial charge >= 0.3 is 28.9 Å². The Bertz CT molecular complexity index is 1280. The summed E-state index contributed by atoms with van der Waals surface area (Å²) in [6, 6.07) is 6.68. The van der Waals surface area contributed by atoms with Crippen LogP contribution in [-0.4, -0.2) is 92.6 Å². The van der Waals surface area contributed by atoms with Crippen molar-refractivity contribution in [1.82, 2.24) is 15.6 Å². The molecule has 0 spiro atoms. The van der Waals surface area contributed by atoms with E-state index in [4.69, 9.17) is 19.4 Å². The van der Waals surface area contributed by atoms with Gasteiger partial charge in [0.05, 0.1) is 6.04 Å². The van der Waals surface area contributed by atoms with Crippen molar-refractivity contribution in [3.63, 3.8) is 0 Å². The zero-order valence-corrected chi connectivity index (χ0v) is 28.8. The Balaban J connectivity index is 1.73. The largest absolute Gasteiger partial charge is 0.426 e. The Kier molecular flexibility index (Phi) is 18.9. The van der Waals surface area contributed by atoms with Gasteiger partial charge in [-0.2, -0.15) is 8.78 Å². The van der Waals surface area contributed by atoms with E-state index in [1.165, 1.54) is 30.3 Å². The molecule has 276 valence electrons. The molecule has 1 heterocycles. The van der Waals surface area contributed by atoms with Gasteiger partial charge in [-0.05, 0) is 25.7 Å². The third-order valence-electron chi connectivity index (χ3n) is 7.09. The molecule has 2 rings (SSSR count). The van der Waals surface area contributed by atoms with Crippen LogP contribution in [0.3, 0.4) is 0 Å². The summed E-state index contributed by atoms with van der Waals surface area (Å²) in [7, 11) is -5.23. The fourth-order valence-electron chi connectivity index (χ4n) is 4.72. The lowest BCUT2D eigenvalue weighted by molar-refractivity contribution is -0.279. The van der Waals surface area contributed by atoms with Crippen molar-refractivity contribution < 1.29 is 61.6 Å². The Morgan fingerprint density at radius 2 is 1.92 bits per heavy atom. The second-order valence-electron chi connectivity index (χ2n) is 10.7. The number of aliphatic hydroxyl groups excluding tert-OH is 1. The lowest BCUT2D eigenvalue weighted by atomic mass is 10.0. The van der Waals surface area contributed by atoms with Crippen LogP contribution in [0.15, 0.2) is 57.8 Å². The SMILES string of the molecule is CN/N=N\C(CCCCCCN1C(=O)CC[C@@H]1/C=C/[C@@H](O)C(F)(F)c1ccccc1)=N\COC(=O)NCCCC(O)(OP(O)O)O[PH](=O)O. The van der Waals surface area contributed by atoms with Gasteiger partial charge in [0.1, 0.15) is 6.10 Å². The van der Waals surface area contributed by atoms with E-state index in [9.17, 15) is 33.1 Å². The van der Waals surface area contributed by atoms with Crippen molar-refractivity contribution in [2.24, 2.45) is 15.3 Å². The molecule has 0 radical (unpaired) electrons. The van der Waals surface area contributed by atoms with E-state index < -0.39 is 47.4 Å². The van der Waals surface area contributed by atoms with Gasteiger partial charge in [-0.3, -0.25) is 23.8 Å². The summed E-state index contributed by atoms with van der Waals surface area (Å²) in [5, 5.41) is 30.1. The normalized spacial score (nSPS) is 18.3. The monoisotopic (exact) mass is 740 g/mol. The van der Waals surface area contributed by atoms with E-state index in [0.717, 1.165) is 18.9 Å². The van der Waals surface area contributed by atoms with Crippen LogP contribution in [0, 0.1) is 0 Å². The molecule has 0 saturated carbocycles. The standard InChI is InChI=1S/C28H44F2N6O11P2/c1-31-35-34-24(33-20-45-26(39)32-18-9-17-27(40,46-48(41)42)47-49(43)44)12-7-2-3-8-19-36-22(14-16-25(36)38)13-15-23(37)28(29,30)21-10-5-4-6-11-21/h4-6,10-11,13,15,22-23,37,40-42,49H,2-3,7-9,12,14,16-20H2,1H3,(H,32,39)(H,43,44)(H,31,33,34)/b15-13+/t22-,23+,27?/m0/s1. The molecule has 0 bridgehead atoms. The van der Waals surface area contributed by atoms with E-state index in [1.807, 2.05) is 0 Å². The summed E-state index contributed by atoms with van der Waals surface area (Å²) in [6.45, 7) is -0.0468. The molecule has 1 fully saturated rings. The van der Waals surface area contributed by atoms with Gasteiger partial charge in [0.25, 0.3) is 5.97 Å². The predicted octanol–water partition coefficient (Wildman–Crippen LogP) is 3.36. The lowest BCUT2D eigenvalue weighted by Crippen LogP contribution is -2.34. The average molecular weight is 741 g/mol. The first kappa shape index (κ1) is 42.2. The van der Waals surface area contributed by atoms with Crippen LogP contribution in [0.25, 0.3) is 0 Å². The summed E-state index contributed by atoms with van der Waals surface area (Å²) in [6.07, 6.45) is 3.10. The molecule has 1 aromatic carbocycles. The van der Waals surface area contributed by atoms with Crippen LogP contribution < -0.4 is 10.7 Å². The minimum atomic E-state index is -3.68. The molecule has 1 aliphatic heterocycles. The van der Waals surface area contributed by atoms with Crippen LogP contribution >= 0.6 is 16.9 Å². The summed E-state index contributed by atoms with van der Waals surface area (Å²) in [5.74, 6) is -5.97. The number of alkyl halides is 2. The number of amidine groups is 1. The second kappa shape index (κ2) is 22.0. The van der Waals surface area contributed by atoms with Crippen LogP contribution in [0.5, 0.6) is 0 Å². The van der Waals surface area contributed by atoms with E-state index in [-0.39, 0.29) is 37.2 Å². The highest BCUT2D eigenvalue weighted by atomic mass is 31.2. The zero-order valence-electron chi connectivity index (χ0n) is 26.9. The number of hydrogen-bond donors (Lipinski definition) is 7. The van der Waals surface area contributed by atoms with E-state index in [1.54, 1.807) is 18.0 Å². The summed E-state index contributed by atoms with van der Waals surface area (Å²) < 4.78 is 53.7. The molecule has 4 atom stereocenters. The highest BCUT2D eigenvalue weighted by molar-refractivity contribution is 7.39. The molecule has 2 amide bonds. The Morgan fingerprint density at radius 3 is 2.59 bits per heavy atom. The minimum Gasteiger partial charge on any atom is -0.426 e. The number of aliphatic hydroxyl groups is 2. The van der Waals surface area contributed by atoms with Crippen LogP contribution in [-0.2, 0) is 29.1 Å². The van der Waals surface area contributed by atoms with E-state index in [0.29, 0.717) is 44.5 Å². The molecule has 1 aromatic rings. The number of ether oxygens (including phenoxy) is 1. The van der Waals surface area contributed by atoms with Crippen molar-refractivity contribution in [2.75, 3.05) is 26.9 Å². The maximum Gasteiger partial charge on any atom is 0.408 e. The summed E-state index contributed by atoms with van der Waals surface area (Å²) in [4.78, 5) is 56.8. The molecular formula is C28H44F2N6O11P2. The molecule has 0 aromatic heterocycles. The number of hydrogen-bond acceptors (Lipinski definition) is 12. The molecule has 1 saturated heterocycles. The molecule has 7 N–H and O–H groups in total. The first-order chi connectivity index (χ1) is 23.3. The molecule has 49 heavy (non-hydrogen) atoms. The summed E-state index contributed by atoms with van der Waals surface area (Å²) in [5.41, 5.74) is 2.21. The number of alkyl carbamates (subject to hydrolysis) is 1. The number of carbonyl (C=O) groups is 2. The fourth-order valence-corrected chi connectivity index (χ4v) is 5.59. The highest BCUT2D eigenvalue weighted by Crippen LogP contribution is 2.39. The highest BCUT2D eigenvalue weighted by Gasteiger charge is 2.39. The van der Waals surface area contributed by atoms with Crippen LogP contribution in [0.4, 0.5) is 13.6 Å². The van der Waals surface area contributed by atoms with Gasteiger partial charge in [0.2, 0.25) is 5.91 Å². The van der Waals surface area contributed by atoms with Gasteiger partial charge in [0, 0.05) is 45.0 Å². The van der Waals surface area contributed by atoms with Gasteiger partial charge in [-0.15, -0.1) is 5.11 Å². The van der Waals surface area contributed by atoms with Gasteiger partial charge in [0.15, 0.2) is 12.6 Å². The van der Waals surface area contributed by atoms with Gasteiger partial charge < -0.3 is 39.8 Å². The Labute approximate surface area is 284 Å².